The van der Waals surface area contributed by atoms with Crippen molar-refractivity contribution in [3.8, 4) is 6.07 Å². The SMILES string of the molecule is CCn1c(=C(C#N)C(=O)NCC(F)(F)F)sc(=CNc2cccc(NC(=O)CN3CCCC3)c2)c1=O. The highest BCUT2D eigenvalue weighted by Crippen LogP contribution is 2.16. The predicted molar refractivity (Wildman–Crippen MR) is 130 cm³/mol. The molecule has 1 aliphatic rings. The van der Waals surface area contributed by atoms with Gasteiger partial charge in [-0.2, -0.15) is 18.4 Å². The van der Waals surface area contributed by atoms with Gasteiger partial charge in [0, 0.05) is 24.1 Å². The van der Waals surface area contributed by atoms with Crippen LogP contribution in [0.25, 0.3) is 11.8 Å². The smallest absolute Gasteiger partial charge is 0.360 e. The zero-order valence-corrected chi connectivity index (χ0v) is 20.3. The molecule has 0 aliphatic carbocycles. The third-order valence-electron chi connectivity index (χ3n) is 5.31. The largest absolute Gasteiger partial charge is 0.405 e. The number of rotatable bonds is 8. The maximum Gasteiger partial charge on any atom is 0.405 e. The van der Waals surface area contributed by atoms with E-state index in [1.165, 1.54) is 6.20 Å². The summed E-state index contributed by atoms with van der Waals surface area (Å²) in [6.45, 7) is 2.24. The van der Waals surface area contributed by atoms with Gasteiger partial charge in [-0.05, 0) is 51.1 Å². The number of amides is 2. The van der Waals surface area contributed by atoms with Crippen LogP contribution >= 0.6 is 11.3 Å². The lowest BCUT2D eigenvalue weighted by molar-refractivity contribution is -0.135. The Morgan fingerprint density at radius 2 is 1.92 bits per heavy atom. The minimum absolute atomic E-state index is 0.0411. The number of nitrogens with one attached hydrogen (secondary N) is 3. The summed E-state index contributed by atoms with van der Waals surface area (Å²) >= 11 is 0.812. The molecule has 1 aromatic heterocycles. The quantitative estimate of drug-likeness (QED) is 0.479. The molecular formula is C23H25F3N6O3S. The Labute approximate surface area is 208 Å². The zero-order valence-electron chi connectivity index (χ0n) is 19.4. The molecule has 9 nitrogen and oxygen atoms in total. The summed E-state index contributed by atoms with van der Waals surface area (Å²) < 4.78 is 38.6. The van der Waals surface area contributed by atoms with Crippen LogP contribution in [0, 0.1) is 11.3 Å². The average Bonchev–Trinajstić information content (AvgIpc) is 3.44. The average molecular weight is 523 g/mol. The van der Waals surface area contributed by atoms with Gasteiger partial charge in [0.1, 0.15) is 21.8 Å². The lowest BCUT2D eigenvalue weighted by Gasteiger charge is -2.14. The first-order valence-electron chi connectivity index (χ1n) is 11.2. The van der Waals surface area contributed by atoms with Crippen molar-refractivity contribution >= 4 is 46.3 Å². The Balaban J connectivity index is 1.82. The molecule has 2 aromatic rings. The monoisotopic (exact) mass is 522 g/mol. The fourth-order valence-corrected chi connectivity index (χ4v) is 4.72. The molecule has 0 atom stereocenters. The van der Waals surface area contributed by atoms with Crippen LogP contribution in [0.2, 0.25) is 0 Å². The maximum atomic E-state index is 12.8. The lowest BCUT2D eigenvalue weighted by Crippen LogP contribution is -2.37. The third-order valence-corrected chi connectivity index (χ3v) is 6.44. The van der Waals surface area contributed by atoms with Gasteiger partial charge in [-0.15, -0.1) is 11.3 Å². The topological polar surface area (TPSA) is 119 Å². The van der Waals surface area contributed by atoms with E-state index in [0.717, 1.165) is 41.8 Å². The fourth-order valence-electron chi connectivity index (χ4n) is 3.64. The molecule has 13 heteroatoms. The number of carbonyl (C=O) groups is 2. The fraction of sp³-hybridized carbons (Fsp3) is 0.391. The van der Waals surface area contributed by atoms with Crippen molar-refractivity contribution in [2.24, 2.45) is 0 Å². The summed E-state index contributed by atoms with van der Waals surface area (Å²) in [5, 5.41) is 16.8. The number of thiazole rings is 1. The van der Waals surface area contributed by atoms with E-state index in [-0.39, 0.29) is 21.6 Å². The number of alkyl halides is 3. The summed E-state index contributed by atoms with van der Waals surface area (Å²) in [6, 6.07) is 8.46. The van der Waals surface area contributed by atoms with Crippen LogP contribution in [-0.4, -0.2) is 53.6 Å². The van der Waals surface area contributed by atoms with Gasteiger partial charge in [-0.25, -0.2) is 0 Å². The van der Waals surface area contributed by atoms with Crippen molar-refractivity contribution in [1.82, 2.24) is 14.8 Å². The van der Waals surface area contributed by atoms with Crippen molar-refractivity contribution in [3.63, 3.8) is 0 Å². The predicted octanol–water partition coefficient (Wildman–Crippen LogP) is 1.17. The van der Waals surface area contributed by atoms with E-state index in [4.69, 9.17) is 0 Å². The van der Waals surface area contributed by atoms with Crippen LogP contribution in [0.5, 0.6) is 0 Å². The third kappa shape index (κ3) is 7.19. The number of halogens is 3. The molecule has 3 N–H and O–H groups in total. The highest BCUT2D eigenvalue weighted by molar-refractivity contribution is 7.07. The Bertz CT molecular complexity index is 1340. The van der Waals surface area contributed by atoms with Gasteiger partial charge >= 0.3 is 6.18 Å². The Morgan fingerprint density at radius 3 is 2.56 bits per heavy atom. The van der Waals surface area contributed by atoms with E-state index in [0.29, 0.717) is 17.9 Å². The molecule has 1 aromatic carbocycles. The molecule has 192 valence electrons. The van der Waals surface area contributed by atoms with E-state index >= 15 is 0 Å². The number of nitrogens with zero attached hydrogens (tertiary/aromatic N) is 3. The van der Waals surface area contributed by atoms with E-state index < -0.39 is 29.8 Å². The number of anilines is 2. The number of aromatic nitrogens is 1. The van der Waals surface area contributed by atoms with Crippen molar-refractivity contribution < 1.29 is 22.8 Å². The molecule has 0 unspecified atom stereocenters. The van der Waals surface area contributed by atoms with Crippen LogP contribution < -0.4 is 30.7 Å². The second-order valence-corrected chi connectivity index (χ2v) is 9.04. The van der Waals surface area contributed by atoms with Crippen LogP contribution in [0.15, 0.2) is 29.1 Å². The van der Waals surface area contributed by atoms with Crippen molar-refractivity contribution in [2.45, 2.75) is 32.5 Å². The molecule has 0 bridgehead atoms. The van der Waals surface area contributed by atoms with Crippen molar-refractivity contribution in [1.29, 1.82) is 5.26 Å². The van der Waals surface area contributed by atoms with E-state index in [1.807, 2.05) is 0 Å². The molecule has 0 saturated carbocycles. The highest BCUT2D eigenvalue weighted by atomic mass is 32.1. The molecule has 1 aliphatic heterocycles. The molecule has 1 saturated heterocycles. The minimum Gasteiger partial charge on any atom is -0.360 e. The first-order valence-corrected chi connectivity index (χ1v) is 12.0. The van der Waals surface area contributed by atoms with Gasteiger partial charge in [0.25, 0.3) is 11.5 Å². The summed E-state index contributed by atoms with van der Waals surface area (Å²) in [7, 11) is 0. The summed E-state index contributed by atoms with van der Waals surface area (Å²) in [6.07, 6.45) is -1.09. The summed E-state index contributed by atoms with van der Waals surface area (Å²) in [4.78, 5) is 39.3. The van der Waals surface area contributed by atoms with Gasteiger partial charge < -0.3 is 16.0 Å². The molecule has 3 rings (SSSR count). The molecule has 0 spiro atoms. The number of benzene rings is 1. The van der Waals surface area contributed by atoms with Crippen LogP contribution in [0.1, 0.15) is 19.8 Å². The molecule has 1 fully saturated rings. The Morgan fingerprint density at radius 1 is 1.22 bits per heavy atom. The standard InChI is InChI=1S/C23H25F3N6O3S/c1-2-32-21(35)18(36-22(32)17(11-27)20(34)29-14-23(24,25)26)12-28-15-6-5-7-16(10-15)30-19(33)13-31-8-3-4-9-31/h5-7,10,12,28H,2-4,8-9,13-14H2,1H3,(H,29,34)(H,30,33). The lowest BCUT2D eigenvalue weighted by atomic mass is 10.2. The van der Waals surface area contributed by atoms with E-state index in [2.05, 4.69) is 15.5 Å². The van der Waals surface area contributed by atoms with Crippen molar-refractivity contribution in [3.05, 3.63) is 43.8 Å². The molecule has 36 heavy (non-hydrogen) atoms. The minimum atomic E-state index is -4.64. The molecule has 0 radical (unpaired) electrons. The first-order chi connectivity index (χ1) is 17.1. The second-order valence-electron chi connectivity index (χ2n) is 8.01. The van der Waals surface area contributed by atoms with Crippen molar-refractivity contribution in [2.75, 3.05) is 36.8 Å². The number of likely N-dealkylation sites (tertiary alicyclic amines) is 1. The summed E-state index contributed by atoms with van der Waals surface area (Å²) in [5.74, 6) is -1.34. The van der Waals surface area contributed by atoms with Crippen LogP contribution in [0.4, 0.5) is 24.5 Å². The number of hydrogen-bond acceptors (Lipinski definition) is 7. The van der Waals surface area contributed by atoms with Gasteiger partial charge in [0.15, 0.2) is 5.57 Å². The second kappa shape index (κ2) is 11.9. The summed E-state index contributed by atoms with van der Waals surface area (Å²) in [5.41, 5.74) is 0.0534. The number of hydrogen-bond donors (Lipinski definition) is 3. The van der Waals surface area contributed by atoms with Gasteiger partial charge in [-0.3, -0.25) is 23.9 Å². The van der Waals surface area contributed by atoms with Crippen LogP contribution in [0.3, 0.4) is 0 Å². The zero-order chi connectivity index (χ0) is 26.3. The maximum absolute atomic E-state index is 12.8. The normalized spacial score (nSPS) is 15.4. The first kappa shape index (κ1) is 27.0. The van der Waals surface area contributed by atoms with Crippen LogP contribution in [-0.2, 0) is 16.1 Å². The van der Waals surface area contributed by atoms with Gasteiger partial charge in [0.05, 0.1) is 6.54 Å². The van der Waals surface area contributed by atoms with E-state index in [1.54, 1.807) is 42.6 Å². The Hall–Kier alpha value is -3.63. The molecular weight excluding hydrogens is 497 g/mol. The Kier molecular flexibility index (Phi) is 8.89. The highest BCUT2D eigenvalue weighted by Gasteiger charge is 2.29. The number of carbonyl (C=O) groups excluding carboxylic acids is 2. The van der Waals surface area contributed by atoms with Gasteiger partial charge in [-0.1, -0.05) is 6.07 Å². The molecule has 2 heterocycles. The van der Waals surface area contributed by atoms with Gasteiger partial charge in [0.2, 0.25) is 5.91 Å². The van der Waals surface area contributed by atoms with E-state index in [9.17, 15) is 32.8 Å². The number of nitriles is 1. The molecule has 2 amide bonds.